The third kappa shape index (κ3) is 5.90. The van der Waals surface area contributed by atoms with E-state index < -0.39 is 0 Å². The van der Waals surface area contributed by atoms with Crippen molar-refractivity contribution in [3.63, 3.8) is 0 Å². The second-order valence-corrected chi connectivity index (χ2v) is 15.7. The Hall–Kier alpha value is -8.14. The molecule has 10 aromatic carbocycles. The zero-order chi connectivity index (χ0) is 40.3. The van der Waals surface area contributed by atoms with Gasteiger partial charge >= 0.3 is 0 Å². The quantitative estimate of drug-likeness (QED) is 0.161. The van der Waals surface area contributed by atoms with Gasteiger partial charge in [-0.3, -0.25) is 0 Å². The Kier molecular flexibility index (Phi) is 8.17. The third-order valence-electron chi connectivity index (χ3n) is 12.2. The second-order valence-electron chi connectivity index (χ2n) is 15.7. The van der Waals surface area contributed by atoms with Gasteiger partial charge in [-0.1, -0.05) is 170 Å². The molecule has 0 aliphatic heterocycles. The van der Waals surface area contributed by atoms with E-state index in [1.165, 1.54) is 55.0 Å². The zero-order valence-electron chi connectivity index (χ0n) is 33.2. The minimum Gasteiger partial charge on any atom is -0.455 e. The highest BCUT2D eigenvalue weighted by Gasteiger charge is 2.18. The largest absolute Gasteiger partial charge is 0.455 e. The van der Waals surface area contributed by atoms with Gasteiger partial charge < -0.3 is 13.9 Å². The van der Waals surface area contributed by atoms with Crippen LogP contribution in [0.1, 0.15) is 0 Å². The molecular weight excluding hydrogens is 741 g/mol. The van der Waals surface area contributed by atoms with Crippen molar-refractivity contribution in [2.45, 2.75) is 0 Å². The topological polar surface area (TPSA) is 21.3 Å². The molecule has 2 heterocycles. The van der Waals surface area contributed by atoms with Gasteiger partial charge in [0.15, 0.2) is 0 Å². The molecule has 0 aliphatic rings. The van der Waals surface area contributed by atoms with E-state index in [4.69, 9.17) is 4.42 Å². The monoisotopic (exact) mass is 778 g/mol. The van der Waals surface area contributed by atoms with Gasteiger partial charge in [-0.25, -0.2) is 0 Å². The number of furan rings is 1. The molecule has 3 heteroatoms. The molecule has 0 radical (unpaired) electrons. The summed E-state index contributed by atoms with van der Waals surface area (Å²) in [5.74, 6) is 0. The van der Waals surface area contributed by atoms with Crippen LogP contribution in [0.4, 0.5) is 17.1 Å². The lowest BCUT2D eigenvalue weighted by atomic mass is 9.98. The summed E-state index contributed by atoms with van der Waals surface area (Å²) in [6, 6.07) is 82.9. The first-order chi connectivity index (χ1) is 30.2. The van der Waals surface area contributed by atoms with Gasteiger partial charge in [0, 0.05) is 49.7 Å². The molecule has 0 aliphatic carbocycles. The predicted molar refractivity (Wildman–Crippen MR) is 257 cm³/mol. The molecule has 0 N–H and O–H groups in total. The summed E-state index contributed by atoms with van der Waals surface area (Å²) in [5.41, 5.74) is 15.5. The van der Waals surface area contributed by atoms with Crippen LogP contribution in [0.25, 0.3) is 93.6 Å². The van der Waals surface area contributed by atoms with E-state index in [-0.39, 0.29) is 0 Å². The van der Waals surface area contributed by atoms with Gasteiger partial charge in [0.2, 0.25) is 0 Å². The fourth-order valence-corrected chi connectivity index (χ4v) is 9.29. The summed E-state index contributed by atoms with van der Waals surface area (Å²) in [4.78, 5) is 2.35. The van der Waals surface area contributed by atoms with Crippen LogP contribution in [0.2, 0.25) is 0 Å². The van der Waals surface area contributed by atoms with Crippen LogP contribution in [-0.2, 0) is 0 Å². The zero-order valence-corrected chi connectivity index (χ0v) is 33.2. The average molecular weight is 779 g/mol. The minimum atomic E-state index is 0.901. The van der Waals surface area contributed by atoms with Crippen molar-refractivity contribution in [3.8, 4) is 39.1 Å². The van der Waals surface area contributed by atoms with E-state index in [0.717, 1.165) is 55.7 Å². The predicted octanol–water partition coefficient (Wildman–Crippen LogP) is 16.3. The normalized spacial score (nSPS) is 11.6. The average Bonchev–Trinajstić information content (AvgIpc) is 3.88. The van der Waals surface area contributed by atoms with Crippen molar-refractivity contribution in [3.05, 3.63) is 231 Å². The smallest absolute Gasteiger partial charge is 0.143 e. The summed E-state index contributed by atoms with van der Waals surface area (Å²) >= 11 is 0. The van der Waals surface area contributed by atoms with Crippen molar-refractivity contribution < 1.29 is 4.42 Å². The van der Waals surface area contributed by atoms with Crippen LogP contribution in [0.15, 0.2) is 235 Å². The van der Waals surface area contributed by atoms with Crippen molar-refractivity contribution >= 4 is 71.6 Å². The summed E-state index contributed by atoms with van der Waals surface area (Å²) in [6.45, 7) is 0. The molecule has 0 saturated carbocycles. The van der Waals surface area contributed by atoms with Gasteiger partial charge in [0.1, 0.15) is 11.2 Å². The maximum Gasteiger partial charge on any atom is 0.143 e. The Bertz CT molecular complexity index is 3540. The molecule has 0 spiro atoms. The Labute approximate surface area is 353 Å². The number of para-hydroxylation sites is 5. The fourth-order valence-electron chi connectivity index (χ4n) is 9.29. The van der Waals surface area contributed by atoms with E-state index in [1.54, 1.807) is 0 Å². The lowest BCUT2D eigenvalue weighted by Gasteiger charge is -2.26. The maximum absolute atomic E-state index is 6.48. The van der Waals surface area contributed by atoms with Crippen LogP contribution in [-0.4, -0.2) is 4.57 Å². The van der Waals surface area contributed by atoms with E-state index in [2.05, 4.69) is 228 Å². The Morgan fingerprint density at radius 3 is 1.67 bits per heavy atom. The third-order valence-corrected chi connectivity index (χ3v) is 12.2. The molecule has 12 aromatic rings. The number of benzene rings is 10. The summed E-state index contributed by atoms with van der Waals surface area (Å²) in [5, 5.41) is 7.20. The number of aromatic nitrogens is 1. The number of rotatable bonds is 7. The van der Waals surface area contributed by atoms with Crippen molar-refractivity contribution in [2.75, 3.05) is 4.90 Å². The molecule has 3 nitrogen and oxygen atoms in total. The molecule has 0 atom stereocenters. The first kappa shape index (κ1) is 34.9. The number of hydrogen-bond donors (Lipinski definition) is 0. The molecular formula is C58H38N2O. The van der Waals surface area contributed by atoms with Gasteiger partial charge in [-0.15, -0.1) is 0 Å². The van der Waals surface area contributed by atoms with Crippen LogP contribution >= 0.6 is 0 Å². The highest BCUT2D eigenvalue weighted by Crippen LogP contribution is 2.42. The summed E-state index contributed by atoms with van der Waals surface area (Å²) < 4.78 is 8.89. The molecule has 0 bridgehead atoms. The minimum absolute atomic E-state index is 0.901. The highest BCUT2D eigenvalue weighted by molar-refractivity contribution is 6.11. The number of fused-ring (bicyclic) bond motifs is 7. The van der Waals surface area contributed by atoms with Crippen molar-refractivity contribution in [1.82, 2.24) is 4.57 Å². The first-order valence-corrected chi connectivity index (χ1v) is 20.8. The van der Waals surface area contributed by atoms with E-state index in [9.17, 15) is 0 Å². The summed E-state index contributed by atoms with van der Waals surface area (Å²) in [7, 11) is 0. The SMILES string of the molecule is c1cc(-c2cccc3c2oc2ccccc23)cc(N(c2ccc(-c3ccc(-c4ccccc4-n4c5ccccc5c5ccccc54)cc3)cc2)c2ccc3ccccc3c2)c1. The van der Waals surface area contributed by atoms with E-state index >= 15 is 0 Å². The van der Waals surface area contributed by atoms with Gasteiger partial charge in [-0.2, -0.15) is 0 Å². The second kappa shape index (κ2) is 14.3. The fraction of sp³-hybridized carbons (Fsp3) is 0. The number of anilines is 3. The van der Waals surface area contributed by atoms with E-state index in [0.29, 0.717) is 0 Å². The molecule has 0 unspecified atom stereocenters. The van der Waals surface area contributed by atoms with Gasteiger partial charge in [0.25, 0.3) is 0 Å². The maximum atomic E-state index is 6.48. The van der Waals surface area contributed by atoms with Crippen molar-refractivity contribution in [1.29, 1.82) is 0 Å². The van der Waals surface area contributed by atoms with Crippen LogP contribution in [0.5, 0.6) is 0 Å². The molecule has 0 saturated heterocycles. The molecule has 12 rings (SSSR count). The Morgan fingerprint density at radius 2 is 0.885 bits per heavy atom. The molecule has 2 aromatic heterocycles. The standard InChI is InChI=1S/C58H38N2O/c1-2-14-43-37-47(36-33-39(43)13-1)59(46-16-11-15-44(38-46)49-21-12-22-53-52-20-6-10-26-57(52)61-58(49)53)45-34-31-41(32-35-45)40-27-29-42(30-28-40)48-17-3-7-23-54(48)60-55-24-8-4-18-50(55)51-19-5-9-25-56(51)60/h1-38H. The van der Waals surface area contributed by atoms with Crippen LogP contribution in [0, 0.1) is 0 Å². The Morgan fingerprint density at radius 1 is 0.328 bits per heavy atom. The Balaban J connectivity index is 0.915. The van der Waals surface area contributed by atoms with Crippen LogP contribution in [0.3, 0.4) is 0 Å². The first-order valence-electron chi connectivity index (χ1n) is 20.8. The highest BCUT2D eigenvalue weighted by atomic mass is 16.3. The van der Waals surface area contributed by atoms with Crippen LogP contribution < -0.4 is 4.90 Å². The molecule has 61 heavy (non-hydrogen) atoms. The summed E-state index contributed by atoms with van der Waals surface area (Å²) in [6.07, 6.45) is 0. The lowest BCUT2D eigenvalue weighted by Crippen LogP contribution is -2.10. The van der Waals surface area contributed by atoms with E-state index in [1.807, 2.05) is 12.1 Å². The van der Waals surface area contributed by atoms with Crippen molar-refractivity contribution in [2.24, 2.45) is 0 Å². The molecule has 286 valence electrons. The molecule has 0 fully saturated rings. The number of hydrogen-bond acceptors (Lipinski definition) is 2. The molecule has 0 amide bonds. The van der Waals surface area contributed by atoms with Gasteiger partial charge in [0.05, 0.1) is 16.7 Å². The number of nitrogens with zero attached hydrogens (tertiary/aromatic N) is 2. The van der Waals surface area contributed by atoms with Gasteiger partial charge in [-0.05, 0) is 93.7 Å². The lowest BCUT2D eigenvalue weighted by molar-refractivity contribution is 0.670.